The van der Waals surface area contributed by atoms with Crippen LogP contribution in [0.2, 0.25) is 5.02 Å². The van der Waals surface area contributed by atoms with Crippen LogP contribution in [0.1, 0.15) is 16.7 Å². The summed E-state index contributed by atoms with van der Waals surface area (Å²) in [4.78, 5) is 26.9. The molecule has 0 aliphatic rings. The molecule has 3 aromatic carbocycles. The van der Waals surface area contributed by atoms with Gasteiger partial charge in [-0.25, -0.2) is 0 Å². The van der Waals surface area contributed by atoms with Gasteiger partial charge in [0.25, 0.3) is 11.4 Å². The third-order valence-corrected chi connectivity index (χ3v) is 5.53. The SMILES string of the molecule is O=[N+]([O-])c1ccc(CO/N=C\c2ccc(SCc3ccc(Cl)cc3)c([N+](=O)[O-])c2)cc1. The second-order valence-electron chi connectivity index (χ2n) is 6.33. The maximum atomic E-state index is 11.5. The molecule has 0 spiro atoms. The number of halogens is 1. The molecule has 31 heavy (non-hydrogen) atoms. The highest BCUT2D eigenvalue weighted by atomic mass is 35.5. The van der Waals surface area contributed by atoms with Crippen molar-refractivity contribution in [2.45, 2.75) is 17.3 Å². The maximum Gasteiger partial charge on any atom is 0.283 e. The van der Waals surface area contributed by atoms with Crippen molar-refractivity contribution < 1.29 is 14.7 Å². The zero-order chi connectivity index (χ0) is 22.2. The van der Waals surface area contributed by atoms with Crippen LogP contribution in [-0.4, -0.2) is 16.1 Å². The topological polar surface area (TPSA) is 108 Å². The summed E-state index contributed by atoms with van der Waals surface area (Å²) in [5, 5.41) is 26.6. The summed E-state index contributed by atoms with van der Waals surface area (Å²) in [5.74, 6) is 0.573. The van der Waals surface area contributed by atoms with Crippen molar-refractivity contribution in [2.75, 3.05) is 0 Å². The zero-order valence-corrected chi connectivity index (χ0v) is 17.6. The Bertz CT molecular complexity index is 1110. The minimum Gasteiger partial charge on any atom is -0.391 e. The normalized spacial score (nSPS) is 10.9. The molecule has 8 nitrogen and oxygen atoms in total. The first-order chi connectivity index (χ1) is 14.9. The van der Waals surface area contributed by atoms with E-state index in [0.717, 1.165) is 5.56 Å². The average molecular weight is 458 g/mol. The van der Waals surface area contributed by atoms with E-state index in [1.54, 1.807) is 36.4 Å². The van der Waals surface area contributed by atoms with Gasteiger partial charge in [-0.05, 0) is 41.5 Å². The molecule has 0 N–H and O–H groups in total. The number of benzene rings is 3. The van der Waals surface area contributed by atoms with Crippen molar-refractivity contribution in [3.05, 3.63) is 109 Å². The van der Waals surface area contributed by atoms with Gasteiger partial charge in [0.1, 0.15) is 6.61 Å². The molecule has 0 aliphatic carbocycles. The van der Waals surface area contributed by atoms with Gasteiger partial charge in [-0.3, -0.25) is 20.2 Å². The Kier molecular flexibility index (Phi) is 7.58. The third kappa shape index (κ3) is 6.53. The lowest BCUT2D eigenvalue weighted by molar-refractivity contribution is -0.387. The minimum atomic E-state index is -0.479. The summed E-state index contributed by atoms with van der Waals surface area (Å²) < 4.78 is 0. The molecule has 3 rings (SSSR count). The summed E-state index contributed by atoms with van der Waals surface area (Å²) in [5.41, 5.74) is 2.22. The number of non-ortho nitro benzene ring substituents is 1. The average Bonchev–Trinajstić information content (AvgIpc) is 2.77. The number of rotatable bonds is 9. The summed E-state index contributed by atoms with van der Waals surface area (Å²) in [6.45, 7) is 0.117. The number of oxime groups is 1. The summed E-state index contributed by atoms with van der Waals surface area (Å²) >= 11 is 7.24. The Morgan fingerprint density at radius 3 is 2.26 bits per heavy atom. The van der Waals surface area contributed by atoms with Crippen LogP contribution in [0.25, 0.3) is 0 Å². The number of hydrogen-bond acceptors (Lipinski definition) is 7. The van der Waals surface area contributed by atoms with Crippen LogP contribution in [-0.2, 0) is 17.2 Å². The Labute approximate surface area is 186 Å². The van der Waals surface area contributed by atoms with E-state index in [1.807, 2.05) is 12.1 Å². The van der Waals surface area contributed by atoms with Crippen molar-refractivity contribution >= 4 is 41.0 Å². The number of nitrogens with zero attached hydrogens (tertiary/aromatic N) is 3. The Hall–Kier alpha value is -3.43. The van der Waals surface area contributed by atoms with Crippen molar-refractivity contribution in [2.24, 2.45) is 5.16 Å². The smallest absolute Gasteiger partial charge is 0.283 e. The predicted molar refractivity (Wildman–Crippen MR) is 120 cm³/mol. The van der Waals surface area contributed by atoms with E-state index in [2.05, 4.69) is 5.16 Å². The lowest BCUT2D eigenvalue weighted by atomic mass is 10.2. The maximum absolute atomic E-state index is 11.5. The number of hydrogen-bond donors (Lipinski definition) is 0. The molecule has 0 radical (unpaired) electrons. The minimum absolute atomic E-state index is 0.00594. The van der Waals surface area contributed by atoms with E-state index in [4.69, 9.17) is 16.4 Å². The number of nitro benzene ring substituents is 2. The summed E-state index contributed by atoms with van der Waals surface area (Å²) in [6.07, 6.45) is 1.38. The Morgan fingerprint density at radius 2 is 1.61 bits per heavy atom. The van der Waals surface area contributed by atoms with E-state index >= 15 is 0 Å². The summed E-state index contributed by atoms with van der Waals surface area (Å²) in [7, 11) is 0. The number of thioether (sulfide) groups is 1. The molecule has 3 aromatic rings. The van der Waals surface area contributed by atoms with Crippen LogP contribution in [0, 0.1) is 20.2 Å². The van der Waals surface area contributed by atoms with Gasteiger partial charge in [0.05, 0.1) is 21.0 Å². The predicted octanol–water partition coefficient (Wildman–Crippen LogP) is 6.00. The molecule has 158 valence electrons. The molecule has 0 bridgehead atoms. The summed E-state index contributed by atoms with van der Waals surface area (Å²) in [6, 6.07) is 18.1. The van der Waals surface area contributed by atoms with Crippen molar-refractivity contribution in [1.82, 2.24) is 0 Å². The van der Waals surface area contributed by atoms with E-state index in [0.29, 0.717) is 26.8 Å². The molecule has 0 aliphatic heterocycles. The van der Waals surface area contributed by atoms with Crippen LogP contribution < -0.4 is 0 Å². The molecule has 0 atom stereocenters. The van der Waals surface area contributed by atoms with Crippen LogP contribution in [0.3, 0.4) is 0 Å². The van der Waals surface area contributed by atoms with Crippen LogP contribution in [0.5, 0.6) is 0 Å². The molecule has 0 fully saturated rings. The van der Waals surface area contributed by atoms with Gasteiger partial charge >= 0.3 is 0 Å². The molecule has 0 heterocycles. The van der Waals surface area contributed by atoms with Gasteiger partial charge in [0.15, 0.2) is 0 Å². The molecular formula is C21H16ClN3O5S. The van der Waals surface area contributed by atoms with Gasteiger partial charge in [0, 0.05) is 34.5 Å². The molecule has 10 heteroatoms. The Morgan fingerprint density at radius 1 is 0.935 bits per heavy atom. The lowest BCUT2D eigenvalue weighted by Crippen LogP contribution is -1.94. The highest BCUT2D eigenvalue weighted by Crippen LogP contribution is 2.32. The Balaban J connectivity index is 1.61. The molecule has 0 saturated heterocycles. The zero-order valence-electron chi connectivity index (χ0n) is 16.0. The highest BCUT2D eigenvalue weighted by Gasteiger charge is 2.15. The molecule has 0 saturated carbocycles. The van der Waals surface area contributed by atoms with Crippen LogP contribution in [0.4, 0.5) is 11.4 Å². The first-order valence-corrected chi connectivity index (χ1v) is 10.3. The van der Waals surface area contributed by atoms with Gasteiger partial charge in [-0.15, -0.1) is 11.8 Å². The fourth-order valence-electron chi connectivity index (χ4n) is 2.54. The highest BCUT2D eigenvalue weighted by molar-refractivity contribution is 7.98. The van der Waals surface area contributed by atoms with Gasteiger partial charge in [-0.2, -0.15) is 0 Å². The second kappa shape index (κ2) is 10.6. The van der Waals surface area contributed by atoms with Gasteiger partial charge < -0.3 is 4.84 Å². The van der Waals surface area contributed by atoms with Crippen LogP contribution >= 0.6 is 23.4 Å². The van der Waals surface area contributed by atoms with E-state index in [1.165, 1.54) is 36.2 Å². The fourth-order valence-corrected chi connectivity index (χ4v) is 3.63. The second-order valence-corrected chi connectivity index (χ2v) is 7.78. The molecular weight excluding hydrogens is 442 g/mol. The monoisotopic (exact) mass is 457 g/mol. The lowest BCUT2D eigenvalue weighted by Gasteiger charge is -2.05. The van der Waals surface area contributed by atoms with Crippen molar-refractivity contribution in [3.63, 3.8) is 0 Å². The van der Waals surface area contributed by atoms with Crippen molar-refractivity contribution in [3.8, 4) is 0 Å². The first-order valence-electron chi connectivity index (χ1n) is 8.97. The van der Waals surface area contributed by atoms with E-state index in [9.17, 15) is 20.2 Å². The quantitative estimate of drug-likeness (QED) is 0.169. The van der Waals surface area contributed by atoms with Crippen molar-refractivity contribution in [1.29, 1.82) is 0 Å². The molecule has 0 unspecified atom stereocenters. The van der Waals surface area contributed by atoms with Gasteiger partial charge in [-0.1, -0.05) is 35.0 Å². The third-order valence-electron chi connectivity index (χ3n) is 4.14. The first kappa shape index (κ1) is 22.3. The van der Waals surface area contributed by atoms with E-state index in [-0.39, 0.29) is 18.0 Å². The largest absolute Gasteiger partial charge is 0.391 e. The fraction of sp³-hybridized carbons (Fsp3) is 0.0952. The molecule has 0 aromatic heterocycles. The van der Waals surface area contributed by atoms with Gasteiger partial charge in [0.2, 0.25) is 0 Å². The van der Waals surface area contributed by atoms with E-state index < -0.39 is 9.85 Å². The van der Waals surface area contributed by atoms with Crippen LogP contribution in [0.15, 0.2) is 76.8 Å². The standard InChI is InChI=1S/C21H16ClN3O5S/c22-18-6-1-16(2-7-18)14-31-21-10-5-17(11-20(21)25(28)29)12-23-30-13-15-3-8-19(9-4-15)24(26)27/h1-12H,13-14H2/b23-12-. The molecule has 0 amide bonds. The number of nitro groups is 2.